The van der Waals surface area contributed by atoms with E-state index in [-0.39, 0.29) is 0 Å². The highest BCUT2D eigenvalue weighted by atomic mass is 127. The molecule has 0 aromatic heterocycles. The lowest BCUT2D eigenvalue weighted by molar-refractivity contribution is 0.283. The van der Waals surface area contributed by atoms with Crippen molar-refractivity contribution >= 4 is 28.3 Å². The molecule has 1 aromatic rings. The second-order valence-corrected chi connectivity index (χ2v) is 4.93. The minimum atomic E-state index is 0.711. The van der Waals surface area contributed by atoms with Gasteiger partial charge in [-0.05, 0) is 61.3 Å². The Kier molecular flexibility index (Phi) is 5.17. The normalized spacial score (nSPS) is 10.7. The van der Waals surface area contributed by atoms with Crippen molar-refractivity contribution in [1.29, 1.82) is 0 Å². The predicted molar refractivity (Wildman–Crippen MR) is 72.2 cm³/mol. The number of ether oxygens (including phenoxy) is 1. The quantitative estimate of drug-likeness (QED) is 0.514. The summed E-state index contributed by atoms with van der Waals surface area (Å²) in [5.41, 5.74) is 6.54. The first kappa shape index (κ1) is 12.6. The van der Waals surface area contributed by atoms with Crippen molar-refractivity contribution in [2.45, 2.75) is 6.42 Å². The van der Waals surface area contributed by atoms with Gasteiger partial charge >= 0.3 is 0 Å². The van der Waals surface area contributed by atoms with Crippen LogP contribution in [-0.4, -0.2) is 32.1 Å². The van der Waals surface area contributed by atoms with Crippen molar-refractivity contribution in [3.8, 4) is 5.75 Å². The number of nitrogen functional groups attached to an aromatic ring is 1. The van der Waals surface area contributed by atoms with Crippen LogP contribution in [0.4, 0.5) is 5.69 Å². The van der Waals surface area contributed by atoms with Gasteiger partial charge in [-0.3, -0.25) is 0 Å². The fraction of sp³-hybridized carbons (Fsp3) is 0.455. The van der Waals surface area contributed by atoms with E-state index >= 15 is 0 Å². The Bertz CT molecular complexity index is 315. The Labute approximate surface area is 105 Å². The molecule has 0 aliphatic heterocycles. The maximum atomic E-state index is 5.82. The molecule has 2 N–H and O–H groups in total. The van der Waals surface area contributed by atoms with Gasteiger partial charge in [0.1, 0.15) is 5.75 Å². The molecule has 0 saturated heterocycles. The largest absolute Gasteiger partial charge is 0.491 e. The van der Waals surface area contributed by atoms with E-state index in [1.807, 2.05) is 18.2 Å². The summed E-state index contributed by atoms with van der Waals surface area (Å²) >= 11 is 2.23. The summed E-state index contributed by atoms with van der Waals surface area (Å²) in [6.07, 6.45) is 1.01. The molecular weight excluding hydrogens is 303 g/mol. The Morgan fingerprint density at radius 1 is 1.40 bits per heavy atom. The van der Waals surface area contributed by atoms with Crippen LogP contribution in [-0.2, 0) is 0 Å². The van der Waals surface area contributed by atoms with Gasteiger partial charge in [0.05, 0.1) is 12.3 Å². The molecule has 0 unspecified atom stereocenters. The molecule has 0 bridgehead atoms. The van der Waals surface area contributed by atoms with Crippen LogP contribution in [0.15, 0.2) is 18.2 Å². The highest BCUT2D eigenvalue weighted by Crippen LogP contribution is 2.23. The Hall–Kier alpha value is -0.490. The van der Waals surface area contributed by atoms with E-state index in [0.29, 0.717) is 12.3 Å². The van der Waals surface area contributed by atoms with E-state index in [0.717, 1.165) is 22.3 Å². The molecule has 1 aromatic carbocycles. The van der Waals surface area contributed by atoms with Crippen molar-refractivity contribution in [2.24, 2.45) is 0 Å². The number of hydrogen-bond donors (Lipinski definition) is 1. The van der Waals surface area contributed by atoms with Crippen LogP contribution in [0.5, 0.6) is 5.75 Å². The van der Waals surface area contributed by atoms with Crippen LogP contribution in [0.25, 0.3) is 0 Å². The molecule has 15 heavy (non-hydrogen) atoms. The van der Waals surface area contributed by atoms with Gasteiger partial charge in [-0.25, -0.2) is 0 Å². The first-order chi connectivity index (χ1) is 7.09. The lowest BCUT2D eigenvalue weighted by atomic mass is 10.3. The molecule has 0 fully saturated rings. The van der Waals surface area contributed by atoms with Crippen LogP contribution in [0.2, 0.25) is 0 Å². The maximum Gasteiger partial charge on any atom is 0.142 e. The number of hydrogen-bond acceptors (Lipinski definition) is 3. The minimum absolute atomic E-state index is 0.711. The predicted octanol–water partition coefficient (Wildman–Crippen LogP) is 2.20. The molecule has 0 radical (unpaired) electrons. The van der Waals surface area contributed by atoms with E-state index in [1.54, 1.807) is 0 Å². The second kappa shape index (κ2) is 6.17. The van der Waals surface area contributed by atoms with E-state index in [1.165, 1.54) is 0 Å². The first-order valence-corrected chi connectivity index (χ1v) is 6.00. The van der Waals surface area contributed by atoms with Gasteiger partial charge in [0.2, 0.25) is 0 Å². The monoisotopic (exact) mass is 320 g/mol. The van der Waals surface area contributed by atoms with Crippen molar-refractivity contribution in [3.05, 3.63) is 21.8 Å². The zero-order valence-electron chi connectivity index (χ0n) is 9.16. The number of nitrogens with two attached hydrogens (primary N) is 1. The maximum absolute atomic E-state index is 5.82. The Morgan fingerprint density at radius 2 is 2.13 bits per heavy atom. The Morgan fingerprint density at radius 3 is 2.73 bits per heavy atom. The summed E-state index contributed by atoms with van der Waals surface area (Å²) in [6.45, 7) is 1.74. The SMILES string of the molecule is CN(C)CCCOc1ccc(I)cc1N. The fourth-order valence-corrected chi connectivity index (χ4v) is 1.73. The molecule has 0 spiro atoms. The highest BCUT2D eigenvalue weighted by Gasteiger charge is 2.00. The molecule has 0 heterocycles. The van der Waals surface area contributed by atoms with E-state index in [4.69, 9.17) is 10.5 Å². The van der Waals surface area contributed by atoms with E-state index < -0.39 is 0 Å². The third kappa shape index (κ3) is 4.70. The van der Waals surface area contributed by atoms with Crippen LogP contribution >= 0.6 is 22.6 Å². The van der Waals surface area contributed by atoms with E-state index in [2.05, 4.69) is 41.6 Å². The van der Waals surface area contributed by atoms with Gasteiger partial charge in [-0.15, -0.1) is 0 Å². The number of rotatable bonds is 5. The lowest BCUT2D eigenvalue weighted by Crippen LogP contribution is -2.15. The highest BCUT2D eigenvalue weighted by molar-refractivity contribution is 14.1. The third-order valence-electron chi connectivity index (χ3n) is 1.98. The smallest absolute Gasteiger partial charge is 0.142 e. The second-order valence-electron chi connectivity index (χ2n) is 3.69. The number of nitrogens with zero attached hydrogens (tertiary/aromatic N) is 1. The van der Waals surface area contributed by atoms with Crippen LogP contribution in [0.3, 0.4) is 0 Å². The summed E-state index contributed by atoms with van der Waals surface area (Å²) in [6, 6.07) is 5.84. The molecular formula is C11H17IN2O. The van der Waals surface area contributed by atoms with Crippen molar-refractivity contribution in [1.82, 2.24) is 4.90 Å². The molecule has 0 atom stereocenters. The topological polar surface area (TPSA) is 38.5 Å². The third-order valence-corrected chi connectivity index (χ3v) is 2.65. The Balaban J connectivity index is 2.37. The fourth-order valence-electron chi connectivity index (χ4n) is 1.21. The molecule has 0 amide bonds. The van der Waals surface area contributed by atoms with Crippen molar-refractivity contribution in [2.75, 3.05) is 33.0 Å². The van der Waals surface area contributed by atoms with Gasteiger partial charge in [0.15, 0.2) is 0 Å². The minimum Gasteiger partial charge on any atom is -0.491 e. The summed E-state index contributed by atoms with van der Waals surface area (Å²) in [5.74, 6) is 0.786. The van der Waals surface area contributed by atoms with Crippen molar-refractivity contribution in [3.63, 3.8) is 0 Å². The molecule has 1 rings (SSSR count). The molecule has 3 nitrogen and oxygen atoms in total. The van der Waals surface area contributed by atoms with Gasteiger partial charge in [-0.2, -0.15) is 0 Å². The first-order valence-electron chi connectivity index (χ1n) is 4.92. The standard InChI is InChI=1S/C11H17IN2O/c1-14(2)6-3-7-15-11-5-4-9(12)8-10(11)13/h4-5,8H,3,6-7,13H2,1-2H3. The molecule has 0 saturated carbocycles. The summed E-state index contributed by atoms with van der Waals surface area (Å²) in [7, 11) is 4.11. The zero-order chi connectivity index (χ0) is 11.3. The van der Waals surface area contributed by atoms with Gasteiger partial charge in [-0.1, -0.05) is 0 Å². The average molecular weight is 320 g/mol. The van der Waals surface area contributed by atoms with E-state index in [9.17, 15) is 0 Å². The lowest BCUT2D eigenvalue weighted by Gasteiger charge is -2.11. The zero-order valence-corrected chi connectivity index (χ0v) is 11.3. The van der Waals surface area contributed by atoms with Gasteiger partial charge < -0.3 is 15.4 Å². The molecule has 0 aliphatic rings. The molecule has 4 heteroatoms. The molecule has 0 aliphatic carbocycles. The molecule has 84 valence electrons. The average Bonchev–Trinajstić information content (AvgIpc) is 2.14. The number of benzene rings is 1. The number of anilines is 1. The summed E-state index contributed by atoms with van der Waals surface area (Å²) < 4.78 is 6.72. The van der Waals surface area contributed by atoms with Crippen LogP contribution in [0, 0.1) is 3.57 Å². The van der Waals surface area contributed by atoms with Crippen LogP contribution < -0.4 is 10.5 Å². The van der Waals surface area contributed by atoms with Gasteiger partial charge in [0.25, 0.3) is 0 Å². The summed E-state index contributed by atoms with van der Waals surface area (Å²) in [4.78, 5) is 2.14. The van der Waals surface area contributed by atoms with Gasteiger partial charge in [0, 0.05) is 10.1 Å². The van der Waals surface area contributed by atoms with Crippen molar-refractivity contribution < 1.29 is 4.74 Å². The number of halogens is 1. The van der Waals surface area contributed by atoms with Crippen LogP contribution in [0.1, 0.15) is 6.42 Å². The summed E-state index contributed by atoms with van der Waals surface area (Å²) in [5, 5.41) is 0.